The van der Waals surface area contributed by atoms with Gasteiger partial charge in [0.2, 0.25) is 5.91 Å². The highest BCUT2D eigenvalue weighted by molar-refractivity contribution is 6.03. The van der Waals surface area contributed by atoms with Crippen molar-refractivity contribution in [1.29, 1.82) is 0 Å². The summed E-state index contributed by atoms with van der Waals surface area (Å²) in [5.41, 5.74) is 2.83. The molecule has 1 saturated heterocycles. The second-order valence-electron chi connectivity index (χ2n) is 6.03. The van der Waals surface area contributed by atoms with Gasteiger partial charge in [0, 0.05) is 18.0 Å². The van der Waals surface area contributed by atoms with Crippen molar-refractivity contribution in [2.75, 3.05) is 6.54 Å². The van der Waals surface area contributed by atoms with Crippen LogP contribution in [0.3, 0.4) is 0 Å². The van der Waals surface area contributed by atoms with E-state index < -0.39 is 0 Å². The molecule has 1 aromatic rings. The zero-order valence-corrected chi connectivity index (χ0v) is 12.8. The van der Waals surface area contributed by atoms with E-state index in [-0.39, 0.29) is 23.7 Å². The molecule has 1 fully saturated rings. The van der Waals surface area contributed by atoms with Crippen molar-refractivity contribution in [3.8, 4) is 0 Å². The fourth-order valence-electron chi connectivity index (χ4n) is 2.82. The number of carbonyl (C=O) groups is 2. The number of amides is 1. The number of hydrogen-bond acceptors (Lipinski definition) is 2. The van der Waals surface area contributed by atoms with Gasteiger partial charge < -0.3 is 4.90 Å². The van der Waals surface area contributed by atoms with Crippen LogP contribution in [0.25, 0.3) is 0 Å². The number of aryl methyl sites for hydroxylation is 2. The van der Waals surface area contributed by atoms with Crippen molar-refractivity contribution in [3.63, 3.8) is 0 Å². The van der Waals surface area contributed by atoms with Crippen LogP contribution >= 0.6 is 0 Å². The third-order valence-electron chi connectivity index (χ3n) is 3.99. The summed E-state index contributed by atoms with van der Waals surface area (Å²) in [5, 5.41) is 0. The second-order valence-corrected chi connectivity index (χ2v) is 6.03. The highest BCUT2D eigenvalue weighted by Crippen LogP contribution is 2.24. The third kappa shape index (κ3) is 2.77. The minimum Gasteiger partial charge on any atom is -0.332 e. The molecule has 0 spiro atoms. The van der Waals surface area contributed by atoms with E-state index in [1.165, 1.54) is 0 Å². The Labute approximate surface area is 121 Å². The quantitative estimate of drug-likeness (QED) is 0.793. The lowest BCUT2D eigenvalue weighted by Crippen LogP contribution is -2.42. The summed E-state index contributed by atoms with van der Waals surface area (Å²) in [6.45, 7) is 8.43. The van der Waals surface area contributed by atoms with Crippen molar-refractivity contribution >= 4 is 11.7 Å². The van der Waals surface area contributed by atoms with Gasteiger partial charge in [-0.25, -0.2) is 0 Å². The summed E-state index contributed by atoms with van der Waals surface area (Å²) >= 11 is 0. The highest BCUT2D eigenvalue weighted by Gasteiger charge is 2.35. The van der Waals surface area contributed by atoms with Crippen LogP contribution in [-0.2, 0) is 4.79 Å². The van der Waals surface area contributed by atoms with Gasteiger partial charge in [-0.05, 0) is 38.3 Å². The maximum atomic E-state index is 12.8. The molecule has 1 heterocycles. The smallest absolute Gasteiger partial charge is 0.225 e. The number of rotatable bonds is 3. The number of ketones is 1. The predicted octanol–water partition coefficient (Wildman–Crippen LogP) is 3.13. The number of likely N-dealkylation sites (tertiary alicyclic amines) is 1. The average molecular weight is 273 g/mol. The third-order valence-corrected chi connectivity index (χ3v) is 3.99. The predicted molar refractivity (Wildman–Crippen MR) is 79.8 cm³/mol. The monoisotopic (exact) mass is 273 g/mol. The Morgan fingerprint density at radius 2 is 1.95 bits per heavy atom. The van der Waals surface area contributed by atoms with Gasteiger partial charge in [-0.2, -0.15) is 0 Å². The van der Waals surface area contributed by atoms with Crippen LogP contribution in [0.5, 0.6) is 0 Å². The molecule has 0 saturated carbocycles. The van der Waals surface area contributed by atoms with Gasteiger partial charge in [-0.1, -0.05) is 31.5 Å². The van der Waals surface area contributed by atoms with E-state index in [4.69, 9.17) is 0 Å². The standard InChI is InChI=1S/C17H23NO2/c1-11(2)17(20)18-9-5-6-15(18)16(19)14-10-12(3)7-8-13(14)4/h7-8,10-11,15H,5-6,9H2,1-4H3. The van der Waals surface area contributed by atoms with Crippen LogP contribution < -0.4 is 0 Å². The van der Waals surface area contributed by atoms with Gasteiger partial charge in [0.25, 0.3) is 0 Å². The Kier molecular flexibility index (Phi) is 4.26. The fourth-order valence-corrected chi connectivity index (χ4v) is 2.82. The molecule has 2 rings (SSSR count). The van der Waals surface area contributed by atoms with Crippen LogP contribution in [0.4, 0.5) is 0 Å². The van der Waals surface area contributed by atoms with E-state index in [0.29, 0.717) is 6.54 Å². The van der Waals surface area contributed by atoms with Gasteiger partial charge in [-0.15, -0.1) is 0 Å². The molecule has 0 N–H and O–H groups in total. The molecular weight excluding hydrogens is 250 g/mol. The van der Waals surface area contributed by atoms with Crippen molar-refractivity contribution in [3.05, 3.63) is 34.9 Å². The molecule has 20 heavy (non-hydrogen) atoms. The molecule has 1 aliphatic heterocycles. The van der Waals surface area contributed by atoms with Gasteiger partial charge in [-0.3, -0.25) is 9.59 Å². The summed E-state index contributed by atoms with van der Waals surface area (Å²) in [6.07, 6.45) is 1.70. The van der Waals surface area contributed by atoms with Crippen molar-refractivity contribution < 1.29 is 9.59 Å². The number of Topliss-reactive ketones (excluding diaryl/α,β-unsaturated/α-hetero) is 1. The van der Waals surface area contributed by atoms with E-state index >= 15 is 0 Å². The van der Waals surface area contributed by atoms with Crippen molar-refractivity contribution in [1.82, 2.24) is 4.90 Å². The first-order valence-corrected chi connectivity index (χ1v) is 7.33. The first kappa shape index (κ1) is 14.8. The zero-order chi connectivity index (χ0) is 14.9. The number of nitrogens with zero attached hydrogens (tertiary/aromatic N) is 1. The number of benzene rings is 1. The summed E-state index contributed by atoms with van der Waals surface area (Å²) < 4.78 is 0. The van der Waals surface area contributed by atoms with Gasteiger partial charge in [0.1, 0.15) is 0 Å². The van der Waals surface area contributed by atoms with Crippen LogP contribution in [-0.4, -0.2) is 29.2 Å². The lowest BCUT2D eigenvalue weighted by Gasteiger charge is -2.26. The molecule has 0 radical (unpaired) electrons. The normalized spacial score (nSPS) is 18.6. The average Bonchev–Trinajstić information content (AvgIpc) is 2.88. The van der Waals surface area contributed by atoms with E-state index in [0.717, 1.165) is 29.5 Å². The Bertz CT molecular complexity index is 534. The van der Waals surface area contributed by atoms with Crippen LogP contribution in [0.1, 0.15) is 48.2 Å². The van der Waals surface area contributed by atoms with Crippen LogP contribution in [0, 0.1) is 19.8 Å². The molecule has 1 unspecified atom stereocenters. The summed E-state index contributed by atoms with van der Waals surface area (Å²) in [7, 11) is 0. The first-order valence-electron chi connectivity index (χ1n) is 7.33. The minimum absolute atomic E-state index is 0.0537. The molecule has 3 nitrogen and oxygen atoms in total. The maximum absolute atomic E-state index is 12.8. The van der Waals surface area contributed by atoms with Crippen LogP contribution in [0.15, 0.2) is 18.2 Å². The summed E-state index contributed by atoms with van der Waals surface area (Å²) in [5.74, 6) is 0.130. The van der Waals surface area contributed by atoms with E-state index in [2.05, 4.69) is 0 Å². The molecule has 0 aromatic heterocycles. The zero-order valence-electron chi connectivity index (χ0n) is 12.8. The molecule has 0 bridgehead atoms. The SMILES string of the molecule is Cc1ccc(C)c(C(=O)C2CCCN2C(=O)C(C)C)c1. The highest BCUT2D eigenvalue weighted by atomic mass is 16.2. The second kappa shape index (κ2) is 5.78. The van der Waals surface area contributed by atoms with E-state index in [9.17, 15) is 9.59 Å². The van der Waals surface area contributed by atoms with Crippen LogP contribution in [0.2, 0.25) is 0 Å². The van der Waals surface area contributed by atoms with Gasteiger partial charge >= 0.3 is 0 Å². The molecule has 3 heteroatoms. The molecule has 1 atom stereocenters. The Hall–Kier alpha value is -1.64. The van der Waals surface area contributed by atoms with Gasteiger partial charge in [0.15, 0.2) is 5.78 Å². The number of carbonyl (C=O) groups excluding carboxylic acids is 2. The molecule has 1 amide bonds. The fraction of sp³-hybridized carbons (Fsp3) is 0.529. The Morgan fingerprint density at radius 3 is 2.60 bits per heavy atom. The molecule has 1 aromatic carbocycles. The molecule has 0 aliphatic carbocycles. The van der Waals surface area contributed by atoms with Crippen molar-refractivity contribution in [2.45, 2.75) is 46.6 Å². The lowest BCUT2D eigenvalue weighted by molar-refractivity contribution is -0.134. The van der Waals surface area contributed by atoms with E-state index in [1.54, 1.807) is 4.90 Å². The lowest BCUT2D eigenvalue weighted by atomic mass is 9.96. The Balaban J connectivity index is 2.28. The maximum Gasteiger partial charge on any atom is 0.225 e. The summed E-state index contributed by atoms with van der Waals surface area (Å²) in [6, 6.07) is 5.66. The minimum atomic E-state index is -0.273. The topological polar surface area (TPSA) is 37.4 Å². The molecular formula is C17H23NO2. The first-order chi connectivity index (χ1) is 9.41. The van der Waals surface area contributed by atoms with E-state index in [1.807, 2.05) is 45.9 Å². The number of hydrogen-bond donors (Lipinski definition) is 0. The molecule has 1 aliphatic rings. The van der Waals surface area contributed by atoms with Crippen molar-refractivity contribution in [2.24, 2.45) is 5.92 Å². The molecule has 108 valence electrons. The summed E-state index contributed by atoms with van der Waals surface area (Å²) in [4.78, 5) is 26.8. The Morgan fingerprint density at radius 1 is 1.25 bits per heavy atom. The van der Waals surface area contributed by atoms with Gasteiger partial charge in [0.05, 0.1) is 6.04 Å². The largest absolute Gasteiger partial charge is 0.332 e.